The Labute approximate surface area is 135 Å². The SMILES string of the molecule is CC(C)(C)OC(=O)N1CC[C@@](O)(c2ccc(Cl)cc2)[C@@H](O)C1. The molecule has 1 aliphatic rings. The second kappa shape index (κ2) is 6.07. The summed E-state index contributed by atoms with van der Waals surface area (Å²) < 4.78 is 5.29. The van der Waals surface area contributed by atoms with Gasteiger partial charge in [0.2, 0.25) is 0 Å². The molecule has 2 N–H and O–H groups in total. The standard InChI is InChI=1S/C16H22ClNO4/c1-15(2,3)22-14(20)18-9-8-16(21,13(19)10-18)11-4-6-12(17)7-5-11/h4-7,13,19,21H,8-10H2,1-3H3/t13-,16+/m0/s1. The minimum Gasteiger partial charge on any atom is -0.444 e. The van der Waals surface area contributed by atoms with Gasteiger partial charge in [-0.05, 0) is 38.5 Å². The largest absolute Gasteiger partial charge is 0.444 e. The lowest BCUT2D eigenvalue weighted by Gasteiger charge is -2.42. The summed E-state index contributed by atoms with van der Waals surface area (Å²) in [5.41, 5.74) is -1.39. The number of ether oxygens (including phenoxy) is 1. The summed E-state index contributed by atoms with van der Waals surface area (Å²) >= 11 is 5.85. The van der Waals surface area contributed by atoms with Crippen molar-refractivity contribution in [2.45, 2.75) is 44.5 Å². The maximum Gasteiger partial charge on any atom is 0.410 e. The first-order chi connectivity index (χ1) is 10.1. The maximum atomic E-state index is 12.0. The van der Waals surface area contributed by atoms with E-state index in [9.17, 15) is 15.0 Å². The molecule has 0 aliphatic carbocycles. The van der Waals surface area contributed by atoms with E-state index in [1.54, 1.807) is 45.0 Å². The number of hydrogen-bond donors (Lipinski definition) is 2. The molecule has 1 amide bonds. The molecule has 1 saturated heterocycles. The Balaban J connectivity index is 2.09. The van der Waals surface area contributed by atoms with E-state index in [0.717, 1.165) is 0 Å². The predicted molar refractivity (Wildman–Crippen MR) is 83.8 cm³/mol. The fraction of sp³-hybridized carbons (Fsp3) is 0.562. The number of carbonyl (C=O) groups excluding carboxylic acids is 1. The predicted octanol–water partition coefficient (Wildman–Crippen LogP) is 2.53. The Kier molecular flexibility index (Phi) is 4.70. The van der Waals surface area contributed by atoms with Gasteiger partial charge in [0.15, 0.2) is 0 Å². The summed E-state index contributed by atoms with van der Waals surface area (Å²) in [6.07, 6.45) is -1.34. The molecule has 0 bridgehead atoms. The van der Waals surface area contributed by atoms with Crippen LogP contribution in [0.3, 0.4) is 0 Å². The van der Waals surface area contributed by atoms with Crippen LogP contribution >= 0.6 is 11.6 Å². The molecule has 122 valence electrons. The number of halogens is 1. The van der Waals surface area contributed by atoms with Crippen molar-refractivity contribution in [1.29, 1.82) is 0 Å². The van der Waals surface area contributed by atoms with E-state index < -0.39 is 23.4 Å². The van der Waals surface area contributed by atoms with Crippen LogP contribution < -0.4 is 0 Å². The van der Waals surface area contributed by atoms with Gasteiger partial charge in [-0.25, -0.2) is 4.79 Å². The zero-order valence-corrected chi connectivity index (χ0v) is 13.8. The summed E-state index contributed by atoms with van der Waals surface area (Å²) in [5, 5.41) is 21.7. The third-order valence-corrected chi connectivity index (χ3v) is 3.96. The monoisotopic (exact) mass is 327 g/mol. The van der Waals surface area contributed by atoms with Crippen LogP contribution in [0.15, 0.2) is 24.3 Å². The molecule has 1 aromatic rings. The molecule has 0 unspecified atom stereocenters. The number of aliphatic hydroxyl groups excluding tert-OH is 1. The number of benzene rings is 1. The van der Waals surface area contributed by atoms with Gasteiger partial charge in [-0.2, -0.15) is 0 Å². The lowest BCUT2D eigenvalue weighted by Crippen LogP contribution is -2.55. The molecular weight excluding hydrogens is 306 g/mol. The van der Waals surface area contributed by atoms with E-state index in [1.807, 2.05) is 0 Å². The van der Waals surface area contributed by atoms with Gasteiger partial charge in [-0.3, -0.25) is 0 Å². The number of amides is 1. The van der Waals surface area contributed by atoms with Gasteiger partial charge in [-0.15, -0.1) is 0 Å². The molecule has 2 rings (SSSR count). The summed E-state index contributed by atoms with van der Waals surface area (Å²) in [5.74, 6) is 0. The summed E-state index contributed by atoms with van der Waals surface area (Å²) in [4.78, 5) is 13.5. The van der Waals surface area contributed by atoms with Crippen molar-refractivity contribution in [1.82, 2.24) is 4.90 Å². The highest BCUT2D eigenvalue weighted by molar-refractivity contribution is 6.30. The van der Waals surface area contributed by atoms with Gasteiger partial charge in [-0.1, -0.05) is 23.7 Å². The molecular formula is C16H22ClNO4. The molecule has 2 atom stereocenters. The fourth-order valence-electron chi connectivity index (χ4n) is 2.49. The highest BCUT2D eigenvalue weighted by atomic mass is 35.5. The number of aliphatic hydroxyl groups is 2. The molecule has 5 nitrogen and oxygen atoms in total. The van der Waals surface area contributed by atoms with Crippen LogP contribution in [0.4, 0.5) is 4.79 Å². The van der Waals surface area contributed by atoms with Crippen LogP contribution in [0, 0.1) is 0 Å². The van der Waals surface area contributed by atoms with Crippen molar-refractivity contribution in [2.24, 2.45) is 0 Å². The zero-order valence-electron chi connectivity index (χ0n) is 13.0. The number of carbonyl (C=O) groups is 1. The van der Waals surface area contributed by atoms with Crippen LogP contribution in [0.2, 0.25) is 5.02 Å². The van der Waals surface area contributed by atoms with Gasteiger partial charge in [0, 0.05) is 18.0 Å². The van der Waals surface area contributed by atoms with Gasteiger partial charge in [0.25, 0.3) is 0 Å². The molecule has 0 spiro atoms. The van der Waals surface area contributed by atoms with Crippen LogP contribution in [-0.2, 0) is 10.3 Å². The first-order valence-electron chi connectivity index (χ1n) is 7.26. The van der Waals surface area contributed by atoms with Crippen LogP contribution in [0.25, 0.3) is 0 Å². The number of piperidine rings is 1. The molecule has 6 heteroatoms. The second-order valence-corrected chi connectivity index (χ2v) is 7.06. The minimum atomic E-state index is -1.39. The Morgan fingerprint density at radius 1 is 1.36 bits per heavy atom. The summed E-state index contributed by atoms with van der Waals surface area (Å²) in [7, 11) is 0. The van der Waals surface area contributed by atoms with E-state index in [4.69, 9.17) is 16.3 Å². The van der Waals surface area contributed by atoms with Crippen LogP contribution in [0.5, 0.6) is 0 Å². The second-order valence-electron chi connectivity index (χ2n) is 6.62. The summed E-state index contributed by atoms with van der Waals surface area (Å²) in [6, 6.07) is 6.72. The van der Waals surface area contributed by atoms with Crippen molar-refractivity contribution in [3.8, 4) is 0 Å². The van der Waals surface area contributed by atoms with Crippen molar-refractivity contribution in [2.75, 3.05) is 13.1 Å². The maximum absolute atomic E-state index is 12.0. The van der Waals surface area contributed by atoms with E-state index in [-0.39, 0.29) is 13.0 Å². The number of nitrogens with zero attached hydrogens (tertiary/aromatic N) is 1. The third kappa shape index (κ3) is 3.72. The topological polar surface area (TPSA) is 70.0 Å². The zero-order chi connectivity index (χ0) is 16.5. The molecule has 1 fully saturated rings. The Hall–Kier alpha value is -1.30. The Morgan fingerprint density at radius 2 is 1.95 bits per heavy atom. The average molecular weight is 328 g/mol. The summed E-state index contributed by atoms with van der Waals surface area (Å²) in [6.45, 7) is 5.69. The molecule has 22 heavy (non-hydrogen) atoms. The fourth-order valence-corrected chi connectivity index (χ4v) is 2.62. The van der Waals surface area contributed by atoms with Crippen LogP contribution in [0.1, 0.15) is 32.8 Å². The number of rotatable bonds is 1. The van der Waals surface area contributed by atoms with Gasteiger partial charge < -0.3 is 19.8 Å². The number of likely N-dealkylation sites (tertiary alicyclic amines) is 1. The minimum absolute atomic E-state index is 0.0219. The van der Waals surface area contributed by atoms with E-state index >= 15 is 0 Å². The first kappa shape index (κ1) is 17.1. The van der Waals surface area contributed by atoms with Crippen LogP contribution in [-0.4, -0.2) is 46.0 Å². The Morgan fingerprint density at radius 3 is 2.45 bits per heavy atom. The lowest BCUT2D eigenvalue weighted by molar-refractivity contribution is -0.123. The molecule has 1 aromatic carbocycles. The van der Waals surface area contributed by atoms with Crippen molar-refractivity contribution in [3.05, 3.63) is 34.9 Å². The normalized spacial score (nSPS) is 25.9. The average Bonchev–Trinajstić information content (AvgIpc) is 2.40. The quantitative estimate of drug-likeness (QED) is 0.831. The first-order valence-corrected chi connectivity index (χ1v) is 7.64. The Bertz CT molecular complexity index is 540. The number of hydrogen-bond acceptors (Lipinski definition) is 4. The molecule has 1 aliphatic heterocycles. The van der Waals surface area contributed by atoms with Gasteiger partial charge in [0.05, 0.1) is 6.54 Å². The van der Waals surface area contributed by atoms with E-state index in [0.29, 0.717) is 17.1 Å². The lowest BCUT2D eigenvalue weighted by atomic mass is 9.82. The molecule has 0 saturated carbocycles. The van der Waals surface area contributed by atoms with Crippen molar-refractivity contribution in [3.63, 3.8) is 0 Å². The number of β-amino-alcohol motifs (C(OH)–C–C–N with tert-alkyl or cyclic N) is 1. The molecule has 0 aromatic heterocycles. The smallest absolute Gasteiger partial charge is 0.410 e. The highest BCUT2D eigenvalue weighted by Gasteiger charge is 2.43. The highest BCUT2D eigenvalue weighted by Crippen LogP contribution is 2.34. The van der Waals surface area contributed by atoms with Crippen molar-refractivity contribution < 1.29 is 19.7 Å². The van der Waals surface area contributed by atoms with E-state index in [1.165, 1.54) is 4.90 Å². The van der Waals surface area contributed by atoms with Crippen molar-refractivity contribution >= 4 is 17.7 Å². The van der Waals surface area contributed by atoms with Gasteiger partial charge in [0.1, 0.15) is 17.3 Å². The van der Waals surface area contributed by atoms with Gasteiger partial charge >= 0.3 is 6.09 Å². The third-order valence-electron chi connectivity index (χ3n) is 3.70. The molecule has 1 heterocycles. The molecule has 0 radical (unpaired) electrons. The van der Waals surface area contributed by atoms with E-state index in [2.05, 4.69) is 0 Å².